The van der Waals surface area contributed by atoms with Crippen LogP contribution in [0.3, 0.4) is 0 Å². The Morgan fingerprint density at radius 2 is 1.77 bits per heavy atom. The smallest absolute Gasteiger partial charge is 0.342 e. The number of piperidine rings is 1. The molecule has 260 valence electrons. The molecule has 2 aliphatic heterocycles. The van der Waals surface area contributed by atoms with Gasteiger partial charge in [0.2, 0.25) is 11.8 Å². The molecule has 3 rings (SSSR count). The Balaban J connectivity index is 1.98. The van der Waals surface area contributed by atoms with E-state index in [1.54, 1.807) is 19.1 Å². The Morgan fingerprint density at radius 3 is 2.49 bits per heavy atom. The predicted molar refractivity (Wildman–Crippen MR) is 178 cm³/mol. The van der Waals surface area contributed by atoms with Crippen molar-refractivity contribution in [1.29, 1.82) is 0 Å². The molecule has 0 radical (unpaired) electrons. The Kier molecular flexibility index (Phi) is 17.3. The normalized spacial score (nSPS) is 19.9. The summed E-state index contributed by atoms with van der Waals surface area (Å²) in [6, 6.07) is 3.00. The van der Waals surface area contributed by atoms with Crippen molar-refractivity contribution in [2.45, 2.75) is 71.4 Å². The number of alkyl halides is 1. The third-order valence-corrected chi connectivity index (χ3v) is 7.60. The highest BCUT2D eigenvalue weighted by Crippen LogP contribution is 2.32. The van der Waals surface area contributed by atoms with E-state index < -0.39 is 12.1 Å². The largest absolute Gasteiger partial charge is 0.467 e. The molecule has 13 heteroatoms. The molecule has 2 atom stereocenters. The minimum atomic E-state index is -0.584. The first-order valence-electron chi connectivity index (χ1n) is 16.2. The summed E-state index contributed by atoms with van der Waals surface area (Å²) in [6.07, 6.45) is 11.1. The highest BCUT2D eigenvalue weighted by Gasteiger charge is 2.24. The molecule has 1 fully saturated rings. The number of likely N-dealkylation sites (tertiary alicyclic amines) is 1. The number of carbonyl (C=O) groups excluding carboxylic acids is 3. The number of esters is 1. The van der Waals surface area contributed by atoms with Gasteiger partial charge in [-0.1, -0.05) is 18.2 Å². The lowest BCUT2D eigenvalue weighted by Gasteiger charge is -2.26. The standard InChI is InChI=1S/C34H48ClN3O9/c1-4-42-23-45-29-18-26-17-28(36-22-44-21-32(40)38-15-7-6-8-16-38)14-10-13-27(37-31(39)20-35)12-9-11-25(3)47-34(41)33(26)30(19-29)46-24-43-5-2/h9-10,12,14,18-19,25,27H,4-8,11,13,15-17,20-24H2,1-3H3,(H,37,39). The van der Waals surface area contributed by atoms with Gasteiger partial charge in [-0.3, -0.25) is 14.6 Å². The van der Waals surface area contributed by atoms with E-state index in [0.717, 1.165) is 32.4 Å². The van der Waals surface area contributed by atoms with Gasteiger partial charge in [0, 0.05) is 50.9 Å². The van der Waals surface area contributed by atoms with E-state index in [1.165, 1.54) is 0 Å². The van der Waals surface area contributed by atoms with Crippen molar-refractivity contribution >= 4 is 35.1 Å². The van der Waals surface area contributed by atoms with E-state index in [9.17, 15) is 14.4 Å². The predicted octanol–water partition coefficient (Wildman–Crippen LogP) is 4.58. The number of halogens is 1. The highest BCUT2D eigenvalue weighted by molar-refractivity contribution is 6.27. The number of ether oxygens (including phenoxy) is 6. The zero-order valence-electron chi connectivity index (χ0n) is 27.7. The van der Waals surface area contributed by atoms with Gasteiger partial charge in [-0.25, -0.2) is 4.79 Å². The van der Waals surface area contributed by atoms with Gasteiger partial charge in [0.15, 0.2) is 13.6 Å². The molecule has 2 amide bonds. The highest BCUT2D eigenvalue weighted by atomic mass is 35.5. The molecular formula is C34H48ClN3O9. The molecular weight excluding hydrogens is 630 g/mol. The molecule has 0 bridgehead atoms. The van der Waals surface area contributed by atoms with Crippen molar-refractivity contribution in [3.8, 4) is 11.5 Å². The molecule has 1 saturated heterocycles. The lowest BCUT2D eigenvalue weighted by atomic mass is 9.99. The molecule has 0 spiro atoms. The number of carbonyl (C=O) groups is 3. The molecule has 1 aromatic rings. The van der Waals surface area contributed by atoms with Crippen LogP contribution in [0.4, 0.5) is 0 Å². The number of nitrogens with one attached hydrogen (secondary N) is 1. The first-order chi connectivity index (χ1) is 22.8. The van der Waals surface area contributed by atoms with Crippen molar-refractivity contribution in [3.63, 3.8) is 0 Å². The number of rotatable bonds is 14. The molecule has 12 nitrogen and oxygen atoms in total. The van der Waals surface area contributed by atoms with Crippen LogP contribution in [0.2, 0.25) is 0 Å². The summed E-state index contributed by atoms with van der Waals surface area (Å²) in [5.41, 5.74) is 1.31. The Labute approximate surface area is 282 Å². The van der Waals surface area contributed by atoms with Crippen LogP contribution in [-0.4, -0.2) is 99.6 Å². The molecule has 0 saturated carbocycles. The Bertz CT molecular complexity index is 1250. The molecule has 2 aliphatic rings. The molecule has 47 heavy (non-hydrogen) atoms. The SMILES string of the molecule is CCOCOc1cc2c(c(OCOCC)c1)C(=O)OC(C)CC=CC(NC(=O)CCl)CC=CC(=NCOCC(=O)N1CCCCC1)C2. The topological polar surface area (TPSA) is 134 Å². The van der Waals surface area contributed by atoms with Gasteiger partial charge in [0.05, 0.1) is 6.04 Å². The number of allylic oxidation sites excluding steroid dienone is 1. The average Bonchev–Trinajstić information content (AvgIpc) is 3.06. The molecule has 0 aliphatic carbocycles. The van der Waals surface area contributed by atoms with Crippen molar-refractivity contribution < 1.29 is 42.8 Å². The van der Waals surface area contributed by atoms with Crippen LogP contribution in [0, 0.1) is 0 Å². The van der Waals surface area contributed by atoms with Crippen LogP contribution in [0.1, 0.15) is 68.8 Å². The summed E-state index contributed by atoms with van der Waals surface area (Å²) in [7, 11) is 0. The first kappa shape index (κ1) is 38.0. The van der Waals surface area contributed by atoms with Crippen molar-refractivity contribution in [3.05, 3.63) is 47.6 Å². The Morgan fingerprint density at radius 1 is 1.02 bits per heavy atom. The third kappa shape index (κ3) is 13.7. The summed E-state index contributed by atoms with van der Waals surface area (Å²) in [5.74, 6) is -0.462. The van der Waals surface area contributed by atoms with E-state index in [0.29, 0.717) is 43.1 Å². The number of fused-ring (bicyclic) bond motifs is 1. The minimum Gasteiger partial charge on any atom is -0.467 e. The third-order valence-electron chi connectivity index (χ3n) is 7.35. The molecule has 0 aromatic heterocycles. The monoisotopic (exact) mass is 677 g/mol. The maximum atomic E-state index is 13.7. The van der Waals surface area contributed by atoms with E-state index in [2.05, 4.69) is 10.3 Å². The van der Waals surface area contributed by atoms with E-state index in [-0.39, 0.29) is 68.4 Å². The fourth-order valence-corrected chi connectivity index (χ4v) is 5.04. The van der Waals surface area contributed by atoms with E-state index in [1.807, 2.05) is 43.1 Å². The van der Waals surface area contributed by atoms with Gasteiger partial charge in [-0.15, -0.1) is 11.6 Å². The van der Waals surface area contributed by atoms with Gasteiger partial charge < -0.3 is 38.6 Å². The van der Waals surface area contributed by atoms with Gasteiger partial charge in [-0.2, -0.15) is 0 Å². The second-order valence-corrected chi connectivity index (χ2v) is 11.3. The molecule has 1 N–H and O–H groups in total. The maximum Gasteiger partial charge on any atom is 0.342 e. The van der Waals surface area contributed by atoms with Crippen LogP contribution < -0.4 is 14.8 Å². The van der Waals surface area contributed by atoms with Crippen molar-refractivity contribution in [1.82, 2.24) is 10.2 Å². The maximum absolute atomic E-state index is 13.7. The van der Waals surface area contributed by atoms with Gasteiger partial charge >= 0.3 is 5.97 Å². The van der Waals surface area contributed by atoms with Crippen LogP contribution in [-0.2, 0) is 35.0 Å². The van der Waals surface area contributed by atoms with Crippen LogP contribution in [0.15, 0.2) is 41.4 Å². The molecule has 2 unspecified atom stereocenters. The molecule has 1 aromatic carbocycles. The van der Waals surface area contributed by atoms with Gasteiger partial charge in [0.1, 0.15) is 42.4 Å². The van der Waals surface area contributed by atoms with Crippen LogP contribution in [0.5, 0.6) is 11.5 Å². The lowest BCUT2D eigenvalue weighted by Crippen LogP contribution is -2.38. The first-order valence-corrected chi connectivity index (χ1v) is 16.7. The van der Waals surface area contributed by atoms with Gasteiger partial charge in [0.25, 0.3) is 0 Å². The zero-order chi connectivity index (χ0) is 33.9. The second kappa shape index (κ2) is 21.4. The quantitative estimate of drug-likeness (QED) is 0.0988. The number of amides is 2. The van der Waals surface area contributed by atoms with E-state index >= 15 is 0 Å². The zero-order valence-corrected chi connectivity index (χ0v) is 28.4. The summed E-state index contributed by atoms with van der Waals surface area (Å²) >= 11 is 5.74. The second-order valence-electron chi connectivity index (χ2n) is 11.0. The van der Waals surface area contributed by atoms with Crippen molar-refractivity contribution in [2.75, 3.05) is 59.1 Å². The number of nitrogens with zero attached hydrogens (tertiary/aromatic N) is 2. The summed E-state index contributed by atoms with van der Waals surface area (Å²) < 4.78 is 34.1. The van der Waals surface area contributed by atoms with Crippen molar-refractivity contribution in [2.24, 2.45) is 4.99 Å². The summed E-state index contributed by atoms with van der Waals surface area (Å²) in [5, 5.41) is 2.88. The number of cyclic esters (lactones) is 1. The Hall–Kier alpha value is -3.45. The fourth-order valence-electron chi connectivity index (χ4n) is 4.96. The number of hydrogen-bond donors (Lipinski definition) is 1. The van der Waals surface area contributed by atoms with Gasteiger partial charge in [-0.05, 0) is 64.2 Å². The minimum absolute atomic E-state index is 0.00312. The average molecular weight is 678 g/mol. The van der Waals surface area contributed by atoms with Crippen LogP contribution in [0.25, 0.3) is 0 Å². The number of hydrogen-bond acceptors (Lipinski definition) is 10. The summed E-state index contributed by atoms with van der Waals surface area (Å²) in [4.78, 5) is 44.9. The summed E-state index contributed by atoms with van der Waals surface area (Å²) in [6.45, 7) is 7.62. The number of benzene rings is 1. The van der Waals surface area contributed by atoms with E-state index in [4.69, 9.17) is 40.0 Å². The lowest BCUT2D eigenvalue weighted by molar-refractivity contribution is -0.136. The van der Waals surface area contributed by atoms with Crippen LogP contribution >= 0.6 is 11.6 Å². The number of aliphatic imine (C=N–C) groups is 1. The molecule has 2 heterocycles. The fraction of sp³-hybridized carbons (Fsp3) is 0.588.